The minimum Gasteiger partial charge on any atom is -0.465 e. The molecule has 1 rings (SSSR count). The Bertz CT molecular complexity index is 340. The number of carbonyl (C=O) groups is 2. The fourth-order valence-electron chi connectivity index (χ4n) is 3.26. The Balaban J connectivity index is 3.09. The van der Waals surface area contributed by atoms with E-state index in [0.29, 0.717) is 25.7 Å². The molecule has 0 aromatic rings. The van der Waals surface area contributed by atoms with Gasteiger partial charge in [0.15, 0.2) is 5.41 Å². The molecule has 0 atom stereocenters. The lowest BCUT2D eigenvalue weighted by atomic mass is 9.73. The predicted octanol–water partition coefficient (Wildman–Crippen LogP) is 2.59. The summed E-state index contributed by atoms with van der Waals surface area (Å²) in [6.07, 6.45) is 4.18. The summed E-state index contributed by atoms with van der Waals surface area (Å²) in [5, 5.41) is 10.7. The van der Waals surface area contributed by atoms with Crippen LogP contribution in [-0.2, 0) is 19.1 Å². The van der Waals surface area contributed by atoms with Crippen LogP contribution in [0.5, 0.6) is 0 Å². The van der Waals surface area contributed by atoms with E-state index >= 15 is 0 Å². The zero-order valence-corrected chi connectivity index (χ0v) is 13.4. The van der Waals surface area contributed by atoms with Gasteiger partial charge in [0.05, 0.1) is 18.8 Å². The van der Waals surface area contributed by atoms with Gasteiger partial charge in [-0.15, -0.1) is 0 Å². The molecular weight excluding hydrogens is 272 g/mol. The first-order valence-corrected chi connectivity index (χ1v) is 8.01. The Labute approximate surface area is 127 Å². The summed E-state index contributed by atoms with van der Waals surface area (Å²) >= 11 is 0. The van der Waals surface area contributed by atoms with Crippen molar-refractivity contribution in [2.45, 2.75) is 71.3 Å². The van der Waals surface area contributed by atoms with Gasteiger partial charge < -0.3 is 14.6 Å². The van der Waals surface area contributed by atoms with Crippen LogP contribution in [-0.4, -0.2) is 35.9 Å². The van der Waals surface area contributed by atoms with E-state index < -0.39 is 23.0 Å². The average Bonchev–Trinajstić information content (AvgIpc) is 2.85. The van der Waals surface area contributed by atoms with Crippen LogP contribution in [0.3, 0.4) is 0 Å². The Morgan fingerprint density at radius 3 is 1.90 bits per heavy atom. The molecule has 0 heterocycles. The number of hydrogen-bond acceptors (Lipinski definition) is 5. The van der Waals surface area contributed by atoms with Crippen LogP contribution in [0, 0.1) is 5.41 Å². The Hall–Kier alpha value is -1.10. The van der Waals surface area contributed by atoms with Crippen LogP contribution < -0.4 is 0 Å². The molecule has 0 aromatic heterocycles. The molecule has 1 N–H and O–H groups in total. The highest BCUT2D eigenvalue weighted by atomic mass is 16.6. The summed E-state index contributed by atoms with van der Waals surface area (Å²) in [7, 11) is 0. The molecule has 0 saturated heterocycles. The Kier molecular flexibility index (Phi) is 6.65. The molecule has 5 heteroatoms. The van der Waals surface area contributed by atoms with Crippen molar-refractivity contribution in [3.05, 3.63) is 0 Å². The SMILES string of the molecule is CCCC(CC1(O)CCCC1)(C(=O)OCC)C(=O)OCC. The quantitative estimate of drug-likeness (QED) is 0.551. The Morgan fingerprint density at radius 1 is 1.05 bits per heavy atom. The van der Waals surface area contributed by atoms with E-state index in [9.17, 15) is 14.7 Å². The molecule has 0 radical (unpaired) electrons. The van der Waals surface area contributed by atoms with Crippen LogP contribution >= 0.6 is 0 Å². The molecular formula is C16H28O5. The molecule has 0 amide bonds. The van der Waals surface area contributed by atoms with Crippen molar-refractivity contribution in [3.63, 3.8) is 0 Å². The molecule has 1 aliphatic carbocycles. The van der Waals surface area contributed by atoms with Gasteiger partial charge >= 0.3 is 11.9 Å². The third-order valence-electron chi connectivity index (χ3n) is 4.17. The molecule has 0 aliphatic heterocycles. The summed E-state index contributed by atoms with van der Waals surface area (Å²) in [6, 6.07) is 0. The highest BCUT2D eigenvalue weighted by molar-refractivity contribution is 6.00. The second-order valence-electron chi connectivity index (χ2n) is 5.88. The summed E-state index contributed by atoms with van der Waals surface area (Å²) in [4.78, 5) is 24.9. The van der Waals surface area contributed by atoms with E-state index in [4.69, 9.17) is 9.47 Å². The van der Waals surface area contributed by atoms with E-state index in [1.54, 1.807) is 13.8 Å². The van der Waals surface area contributed by atoms with E-state index in [1.165, 1.54) is 0 Å². The van der Waals surface area contributed by atoms with Crippen LogP contribution in [0.15, 0.2) is 0 Å². The van der Waals surface area contributed by atoms with Crippen LogP contribution in [0.4, 0.5) is 0 Å². The fraction of sp³-hybridized carbons (Fsp3) is 0.875. The molecule has 5 nitrogen and oxygen atoms in total. The second kappa shape index (κ2) is 7.78. The average molecular weight is 300 g/mol. The minimum atomic E-state index is -1.38. The first kappa shape index (κ1) is 18.0. The topological polar surface area (TPSA) is 72.8 Å². The van der Waals surface area contributed by atoms with Crippen molar-refractivity contribution < 1.29 is 24.2 Å². The molecule has 0 bridgehead atoms. The first-order chi connectivity index (χ1) is 9.94. The largest absolute Gasteiger partial charge is 0.465 e. The molecule has 0 aromatic carbocycles. The van der Waals surface area contributed by atoms with Crippen LogP contribution in [0.25, 0.3) is 0 Å². The van der Waals surface area contributed by atoms with Crippen molar-refractivity contribution >= 4 is 11.9 Å². The van der Waals surface area contributed by atoms with Crippen LogP contribution in [0.1, 0.15) is 65.7 Å². The third-order valence-corrected chi connectivity index (χ3v) is 4.17. The zero-order chi connectivity index (χ0) is 15.9. The number of carbonyl (C=O) groups excluding carboxylic acids is 2. The monoisotopic (exact) mass is 300 g/mol. The smallest absolute Gasteiger partial charge is 0.323 e. The van der Waals surface area contributed by atoms with Crippen LogP contribution in [0.2, 0.25) is 0 Å². The van der Waals surface area contributed by atoms with Crippen molar-refractivity contribution in [1.82, 2.24) is 0 Å². The summed E-state index contributed by atoms with van der Waals surface area (Å²) in [5.41, 5.74) is -2.34. The highest BCUT2D eigenvalue weighted by Gasteiger charge is 2.53. The van der Waals surface area contributed by atoms with Gasteiger partial charge in [0.1, 0.15) is 0 Å². The maximum Gasteiger partial charge on any atom is 0.323 e. The number of ether oxygens (including phenoxy) is 2. The summed E-state index contributed by atoms with van der Waals surface area (Å²) < 4.78 is 10.3. The highest BCUT2D eigenvalue weighted by Crippen LogP contribution is 2.43. The Morgan fingerprint density at radius 2 is 1.52 bits per heavy atom. The van der Waals surface area contributed by atoms with Gasteiger partial charge in [-0.3, -0.25) is 9.59 Å². The maximum absolute atomic E-state index is 12.5. The fourth-order valence-corrected chi connectivity index (χ4v) is 3.26. The number of esters is 2. The second-order valence-corrected chi connectivity index (χ2v) is 5.88. The third kappa shape index (κ3) is 4.19. The molecule has 1 fully saturated rings. The normalized spacial score (nSPS) is 17.5. The van der Waals surface area contributed by atoms with Crippen molar-refractivity contribution in [3.8, 4) is 0 Å². The van der Waals surface area contributed by atoms with Gasteiger partial charge in [0.2, 0.25) is 0 Å². The number of rotatable bonds is 8. The van der Waals surface area contributed by atoms with Gasteiger partial charge in [-0.05, 0) is 33.1 Å². The predicted molar refractivity (Wildman–Crippen MR) is 78.6 cm³/mol. The molecule has 1 saturated carbocycles. The van der Waals surface area contributed by atoms with E-state index in [1.807, 2.05) is 6.92 Å². The molecule has 0 unspecified atom stereocenters. The lowest BCUT2D eigenvalue weighted by Crippen LogP contribution is -2.47. The lowest BCUT2D eigenvalue weighted by molar-refractivity contribution is -0.178. The van der Waals surface area contributed by atoms with Gasteiger partial charge in [-0.25, -0.2) is 0 Å². The minimum absolute atomic E-state index is 0.103. The standard InChI is InChI=1S/C16H28O5/c1-4-9-16(13(17)20-5-2,14(18)21-6-3)12-15(19)10-7-8-11-15/h19H,4-12H2,1-3H3. The number of aliphatic hydroxyl groups is 1. The molecule has 21 heavy (non-hydrogen) atoms. The van der Waals surface area contributed by atoms with E-state index in [2.05, 4.69) is 0 Å². The molecule has 0 spiro atoms. The number of hydrogen-bond donors (Lipinski definition) is 1. The first-order valence-electron chi connectivity index (χ1n) is 8.01. The van der Waals surface area contributed by atoms with Gasteiger partial charge in [0, 0.05) is 6.42 Å². The van der Waals surface area contributed by atoms with Gasteiger partial charge in [-0.2, -0.15) is 0 Å². The van der Waals surface area contributed by atoms with E-state index in [0.717, 1.165) is 12.8 Å². The maximum atomic E-state index is 12.5. The summed E-state index contributed by atoms with van der Waals surface area (Å²) in [5.74, 6) is -1.13. The lowest BCUT2D eigenvalue weighted by Gasteiger charge is -2.35. The van der Waals surface area contributed by atoms with Crippen molar-refractivity contribution in [1.29, 1.82) is 0 Å². The van der Waals surface area contributed by atoms with E-state index in [-0.39, 0.29) is 19.6 Å². The van der Waals surface area contributed by atoms with Crippen molar-refractivity contribution in [2.75, 3.05) is 13.2 Å². The van der Waals surface area contributed by atoms with Gasteiger partial charge in [0.25, 0.3) is 0 Å². The summed E-state index contributed by atoms with van der Waals surface area (Å²) in [6.45, 7) is 5.75. The molecule has 1 aliphatic rings. The van der Waals surface area contributed by atoms with Crippen molar-refractivity contribution in [2.24, 2.45) is 5.41 Å². The molecule has 122 valence electrons. The zero-order valence-electron chi connectivity index (χ0n) is 13.4. The van der Waals surface area contributed by atoms with Gasteiger partial charge in [-0.1, -0.05) is 26.2 Å².